The molecule has 0 amide bonds. The summed E-state index contributed by atoms with van der Waals surface area (Å²) in [5.41, 5.74) is 1.70. The molecule has 3 rings (SSSR count). The number of fused-ring (bicyclic) bond motifs is 1. The van der Waals surface area contributed by atoms with Crippen LogP contribution in [0.25, 0.3) is 10.9 Å². The molecule has 0 aliphatic heterocycles. The molecule has 146 valence electrons. The highest BCUT2D eigenvalue weighted by Gasteiger charge is 2.27. The summed E-state index contributed by atoms with van der Waals surface area (Å²) in [5, 5.41) is 11.0. The zero-order valence-corrected chi connectivity index (χ0v) is 16.2. The first kappa shape index (κ1) is 19.6. The van der Waals surface area contributed by atoms with Crippen LogP contribution in [0, 0.1) is 12.7 Å². The number of hydrogen-bond acceptors (Lipinski definition) is 4. The van der Waals surface area contributed by atoms with Crippen LogP contribution in [0.15, 0.2) is 36.4 Å². The van der Waals surface area contributed by atoms with Crippen molar-refractivity contribution in [3.05, 3.63) is 59.0 Å². The van der Waals surface area contributed by atoms with Gasteiger partial charge in [-0.2, -0.15) is 0 Å². The van der Waals surface area contributed by atoms with Gasteiger partial charge in [-0.25, -0.2) is 4.39 Å². The molecule has 0 spiro atoms. The molecule has 0 bridgehead atoms. The van der Waals surface area contributed by atoms with E-state index in [0.717, 1.165) is 12.5 Å². The van der Waals surface area contributed by atoms with Crippen molar-refractivity contribution >= 4 is 22.8 Å². The van der Waals surface area contributed by atoms with Crippen molar-refractivity contribution in [3.63, 3.8) is 0 Å². The van der Waals surface area contributed by atoms with E-state index in [0.29, 0.717) is 22.2 Å². The molecule has 1 heterocycles. The van der Waals surface area contributed by atoms with E-state index in [-0.39, 0.29) is 23.0 Å². The van der Waals surface area contributed by atoms with Gasteiger partial charge in [0.25, 0.3) is 5.91 Å². The molecule has 0 fully saturated rings. The second-order valence-electron chi connectivity index (χ2n) is 6.86. The number of benzene rings is 2. The Balaban J connectivity index is 2.37. The predicted octanol–water partition coefficient (Wildman–Crippen LogP) is 4.92. The normalized spacial score (nSPS) is 12.2. The molecule has 1 atom stereocenters. The first-order valence-corrected chi connectivity index (χ1v) is 9.11. The monoisotopic (exact) mass is 383 g/mol. The fraction of sp³-hybridized carbons (Fsp3) is 0.273. The van der Waals surface area contributed by atoms with E-state index in [1.54, 1.807) is 13.0 Å². The molecule has 0 radical (unpaired) electrons. The number of aromatic hydroxyl groups is 1. The minimum atomic E-state index is -0.529. The van der Waals surface area contributed by atoms with Crippen molar-refractivity contribution in [2.45, 2.75) is 40.0 Å². The molecular weight excluding hydrogens is 361 g/mol. The summed E-state index contributed by atoms with van der Waals surface area (Å²) in [7, 11) is 0. The second-order valence-corrected chi connectivity index (χ2v) is 6.86. The van der Waals surface area contributed by atoms with Gasteiger partial charge < -0.3 is 9.84 Å². The van der Waals surface area contributed by atoms with E-state index < -0.39 is 17.7 Å². The third-order valence-corrected chi connectivity index (χ3v) is 4.96. The Labute approximate surface area is 162 Å². The van der Waals surface area contributed by atoms with Gasteiger partial charge in [-0.1, -0.05) is 19.9 Å². The highest BCUT2D eigenvalue weighted by molar-refractivity contribution is 6.07. The van der Waals surface area contributed by atoms with E-state index in [1.165, 1.54) is 35.8 Å². The van der Waals surface area contributed by atoms with Crippen LogP contribution in [-0.2, 0) is 4.79 Å². The van der Waals surface area contributed by atoms with Crippen LogP contribution in [0.1, 0.15) is 54.7 Å². The molecule has 0 saturated carbocycles. The number of carbonyl (C=O) groups is 2. The van der Waals surface area contributed by atoms with Gasteiger partial charge in [0, 0.05) is 18.1 Å². The van der Waals surface area contributed by atoms with Crippen molar-refractivity contribution in [2.24, 2.45) is 0 Å². The lowest BCUT2D eigenvalue weighted by Gasteiger charge is -2.14. The van der Waals surface area contributed by atoms with E-state index in [9.17, 15) is 19.1 Å². The number of carbonyl (C=O) groups excluding carboxylic acids is 2. The molecular formula is C22H22FNO4. The first-order chi connectivity index (χ1) is 13.3. The maximum absolute atomic E-state index is 13.6. The van der Waals surface area contributed by atoms with E-state index in [4.69, 9.17) is 4.74 Å². The minimum Gasteiger partial charge on any atom is -0.508 e. The average molecular weight is 383 g/mol. The predicted molar refractivity (Wildman–Crippen MR) is 104 cm³/mol. The van der Waals surface area contributed by atoms with Crippen molar-refractivity contribution in [3.8, 4) is 11.5 Å². The lowest BCUT2D eigenvalue weighted by atomic mass is 9.94. The van der Waals surface area contributed by atoms with E-state index >= 15 is 0 Å². The molecule has 0 saturated heterocycles. The van der Waals surface area contributed by atoms with E-state index in [1.807, 2.05) is 13.8 Å². The van der Waals surface area contributed by atoms with Gasteiger partial charge in [-0.3, -0.25) is 14.2 Å². The molecule has 0 unspecified atom stereocenters. The zero-order valence-electron chi connectivity index (χ0n) is 16.2. The van der Waals surface area contributed by atoms with E-state index in [2.05, 4.69) is 0 Å². The molecule has 5 nitrogen and oxygen atoms in total. The maximum atomic E-state index is 13.6. The van der Waals surface area contributed by atoms with Crippen LogP contribution in [0.2, 0.25) is 0 Å². The Hall–Kier alpha value is -3.15. The molecule has 2 aromatic carbocycles. The van der Waals surface area contributed by atoms with Crippen LogP contribution < -0.4 is 4.74 Å². The molecule has 28 heavy (non-hydrogen) atoms. The second kappa shape index (κ2) is 7.46. The van der Waals surface area contributed by atoms with Gasteiger partial charge >= 0.3 is 5.97 Å². The largest absolute Gasteiger partial charge is 0.508 e. The van der Waals surface area contributed by atoms with Gasteiger partial charge in [0.15, 0.2) is 5.75 Å². The van der Waals surface area contributed by atoms with Crippen molar-refractivity contribution in [1.29, 1.82) is 0 Å². The molecule has 0 aliphatic carbocycles. The smallest absolute Gasteiger partial charge is 0.308 e. The summed E-state index contributed by atoms with van der Waals surface area (Å²) in [6.07, 6.45) is 0.744. The van der Waals surface area contributed by atoms with Crippen molar-refractivity contribution in [2.75, 3.05) is 0 Å². The Morgan fingerprint density at radius 2 is 1.96 bits per heavy atom. The summed E-state index contributed by atoms with van der Waals surface area (Å²) < 4.78 is 20.5. The number of phenols is 1. The lowest BCUT2D eigenvalue weighted by Crippen LogP contribution is -2.14. The summed E-state index contributed by atoms with van der Waals surface area (Å²) in [4.78, 5) is 24.9. The highest BCUT2D eigenvalue weighted by Crippen LogP contribution is 2.43. The number of ether oxygens (including phenoxy) is 1. The zero-order chi connectivity index (χ0) is 20.6. The summed E-state index contributed by atoms with van der Waals surface area (Å²) >= 11 is 0. The SMILES string of the molecule is CC[C@H](C)c1c(O)ccc2c1c(OC(C)=O)c(C)n2C(=O)c1cccc(F)c1. The molecule has 1 aromatic heterocycles. The molecule has 3 aromatic rings. The lowest BCUT2D eigenvalue weighted by molar-refractivity contribution is -0.131. The number of nitrogens with zero attached hydrogens (tertiary/aromatic N) is 1. The average Bonchev–Trinajstić information content (AvgIpc) is 2.92. The topological polar surface area (TPSA) is 68.5 Å². The van der Waals surface area contributed by atoms with Gasteiger partial charge in [0.1, 0.15) is 11.6 Å². The van der Waals surface area contributed by atoms with Crippen LogP contribution >= 0.6 is 0 Å². The number of halogens is 1. The molecule has 0 aliphatic rings. The summed E-state index contributed by atoms with van der Waals surface area (Å²) in [6, 6.07) is 8.55. The summed E-state index contributed by atoms with van der Waals surface area (Å²) in [5.74, 6) is -1.21. The van der Waals surface area contributed by atoms with Gasteiger partial charge in [-0.05, 0) is 49.6 Å². The Morgan fingerprint density at radius 1 is 1.25 bits per heavy atom. The maximum Gasteiger partial charge on any atom is 0.308 e. The number of phenolic OH excluding ortho intramolecular Hbond substituents is 1. The highest BCUT2D eigenvalue weighted by atomic mass is 19.1. The van der Waals surface area contributed by atoms with Crippen LogP contribution in [-0.4, -0.2) is 21.6 Å². The van der Waals surface area contributed by atoms with Crippen LogP contribution in [0.4, 0.5) is 4.39 Å². The standard InChI is InChI=1S/C22H22FNO4/c1-5-12(2)19-18(26)10-9-17-20(19)21(28-14(4)25)13(3)24(17)22(27)15-7-6-8-16(23)11-15/h6-12,26H,5H2,1-4H3/t12-/m0/s1. The van der Waals surface area contributed by atoms with Gasteiger partial charge in [0.2, 0.25) is 0 Å². The minimum absolute atomic E-state index is 0.0301. The third kappa shape index (κ3) is 3.26. The van der Waals surface area contributed by atoms with Crippen LogP contribution in [0.5, 0.6) is 11.5 Å². The Kier molecular flexibility index (Phi) is 5.23. The number of hydrogen-bond donors (Lipinski definition) is 1. The molecule has 6 heteroatoms. The molecule has 1 N–H and O–H groups in total. The Morgan fingerprint density at radius 3 is 2.57 bits per heavy atom. The third-order valence-electron chi connectivity index (χ3n) is 4.96. The summed E-state index contributed by atoms with van der Waals surface area (Å²) in [6.45, 7) is 6.87. The Bertz CT molecular complexity index is 1080. The fourth-order valence-electron chi connectivity index (χ4n) is 3.47. The van der Waals surface area contributed by atoms with Crippen LogP contribution in [0.3, 0.4) is 0 Å². The quantitative estimate of drug-likeness (QED) is 0.649. The first-order valence-electron chi connectivity index (χ1n) is 9.11. The van der Waals surface area contributed by atoms with Gasteiger partial charge in [0.05, 0.1) is 16.6 Å². The number of esters is 1. The number of aromatic nitrogens is 1. The number of rotatable bonds is 4. The van der Waals surface area contributed by atoms with Crippen molar-refractivity contribution in [1.82, 2.24) is 4.57 Å². The van der Waals surface area contributed by atoms with Gasteiger partial charge in [-0.15, -0.1) is 0 Å². The fourth-order valence-corrected chi connectivity index (χ4v) is 3.47. The van der Waals surface area contributed by atoms with Crippen molar-refractivity contribution < 1.29 is 23.8 Å².